The van der Waals surface area contributed by atoms with E-state index in [9.17, 15) is 19.2 Å². The van der Waals surface area contributed by atoms with E-state index in [1.165, 1.54) is 61.3 Å². The summed E-state index contributed by atoms with van der Waals surface area (Å²) in [7, 11) is 5.89. The molecule has 0 unspecified atom stereocenters. The minimum atomic E-state index is -0.470. The molecule has 0 radical (unpaired) electrons. The third-order valence-electron chi connectivity index (χ3n) is 15.2. The van der Waals surface area contributed by atoms with Crippen LogP contribution in [-0.4, -0.2) is 145 Å². The zero-order chi connectivity index (χ0) is 66.1. The van der Waals surface area contributed by atoms with Gasteiger partial charge in [-0.2, -0.15) is 0 Å². The smallest absolute Gasteiger partial charge is 0.338 e. The highest BCUT2D eigenvalue weighted by Crippen LogP contribution is 2.47. The number of rotatable bonds is 24. The van der Waals surface area contributed by atoms with Gasteiger partial charge in [0.2, 0.25) is 0 Å². The molecular weight excluding hydrogens is 1300 g/mol. The Hall–Kier alpha value is -9.76. The minimum Gasteiger partial charge on any atom is -0.465 e. The first-order valence-corrected chi connectivity index (χ1v) is 33.4. The molecule has 0 saturated heterocycles. The zero-order valence-electron chi connectivity index (χ0n) is 52.0. The largest absolute Gasteiger partial charge is 0.465 e. The first kappa shape index (κ1) is 64.9. The maximum atomic E-state index is 13.1. The van der Waals surface area contributed by atoms with Crippen molar-refractivity contribution >= 4 is 115 Å². The molecule has 5 heterocycles. The monoisotopic (exact) mass is 1350 g/mol. The van der Waals surface area contributed by atoms with Crippen LogP contribution < -0.4 is 0 Å². The highest BCUT2D eigenvalue weighted by molar-refractivity contribution is 8.00. The molecule has 20 nitrogen and oxygen atoms in total. The number of methoxy groups -OCH3 is 4. The third kappa shape index (κ3) is 14.3. The maximum Gasteiger partial charge on any atom is 0.338 e. The average Bonchev–Trinajstić information content (AvgIpc) is 1.60. The summed E-state index contributed by atoms with van der Waals surface area (Å²) >= 11 is 5.96. The Balaban J connectivity index is 0.996. The normalized spacial score (nSPS) is 11.5. The van der Waals surface area contributed by atoms with Gasteiger partial charge < -0.3 is 47.9 Å². The van der Waals surface area contributed by atoms with Crippen molar-refractivity contribution in [2.75, 3.05) is 81.3 Å². The van der Waals surface area contributed by atoms with Crippen molar-refractivity contribution in [3.8, 4) is 45.6 Å². The number of nitrogens with zero attached hydrogens (tertiary/aromatic N) is 6. The van der Waals surface area contributed by atoms with E-state index in [1.54, 1.807) is 62.8 Å². The van der Waals surface area contributed by atoms with Gasteiger partial charge in [-0.3, -0.25) is 0 Å². The topological polar surface area (TPSA) is 251 Å². The number of hydrogen-bond donors (Lipinski definition) is 2. The van der Waals surface area contributed by atoms with Gasteiger partial charge in [0.25, 0.3) is 0 Å². The van der Waals surface area contributed by atoms with E-state index in [4.69, 9.17) is 67.8 Å². The molecule has 0 fully saturated rings. The van der Waals surface area contributed by atoms with Gasteiger partial charge in [0, 0.05) is 97.2 Å². The quantitative estimate of drug-likeness (QED) is 0.0324. The molecule has 0 aliphatic carbocycles. The Morgan fingerprint density at radius 2 is 0.656 bits per heavy atom. The number of benzene rings is 8. The van der Waals surface area contributed by atoms with Crippen LogP contribution in [0.1, 0.15) is 41.4 Å². The van der Waals surface area contributed by atoms with Gasteiger partial charge in [-0.1, -0.05) is 95.6 Å². The number of H-pyrrole nitrogens is 2. The Morgan fingerprint density at radius 1 is 0.333 bits per heavy atom. The highest BCUT2D eigenvalue weighted by atomic mass is 32.2. The molecule has 0 spiro atoms. The molecule has 0 saturated carbocycles. The van der Waals surface area contributed by atoms with E-state index < -0.39 is 23.9 Å². The summed E-state index contributed by atoms with van der Waals surface area (Å²) in [6.45, 7) is 2.36. The van der Waals surface area contributed by atoms with Crippen molar-refractivity contribution in [3.05, 3.63) is 192 Å². The molecule has 8 bridgehead atoms. The first-order valence-electron chi connectivity index (χ1n) is 30.2. The summed E-state index contributed by atoms with van der Waals surface area (Å²) < 4.78 is 42.1. The molecule has 0 amide bonds. The number of fused-ring (bicyclic) bond motifs is 20. The van der Waals surface area contributed by atoms with Crippen LogP contribution in [-0.2, 0) is 37.9 Å². The van der Waals surface area contributed by atoms with E-state index in [0.717, 1.165) is 60.7 Å². The van der Waals surface area contributed by atoms with Gasteiger partial charge in [-0.25, -0.2) is 49.1 Å². The van der Waals surface area contributed by atoms with Gasteiger partial charge in [-0.05, 0) is 121 Å². The van der Waals surface area contributed by atoms with Crippen LogP contribution in [0.4, 0.5) is 0 Å². The Labute approximate surface area is 566 Å². The van der Waals surface area contributed by atoms with Crippen LogP contribution in [0.25, 0.3) is 89.7 Å². The van der Waals surface area contributed by atoms with Crippen LogP contribution >= 0.6 is 47.0 Å². The average molecular weight is 1360 g/mol. The lowest BCUT2D eigenvalue weighted by Crippen LogP contribution is -2.12. The molecule has 13 rings (SSSR count). The minimum absolute atomic E-state index is 0.0958. The van der Waals surface area contributed by atoms with Crippen molar-refractivity contribution in [2.24, 2.45) is 0 Å². The predicted molar refractivity (Wildman–Crippen MR) is 367 cm³/mol. The number of nitrogens with one attached hydrogen (secondary N) is 2. The number of hydrogen-bond acceptors (Lipinski definition) is 22. The van der Waals surface area contributed by atoms with Crippen molar-refractivity contribution in [3.63, 3.8) is 0 Å². The van der Waals surface area contributed by atoms with Crippen LogP contribution in [0.2, 0.25) is 0 Å². The first-order chi connectivity index (χ1) is 47.0. The molecule has 482 valence electrons. The fourth-order valence-corrected chi connectivity index (χ4v) is 14.5. The Morgan fingerprint density at radius 3 is 1.04 bits per heavy atom. The number of esters is 4. The lowest BCUT2D eigenvalue weighted by Gasteiger charge is -2.08. The second-order valence-corrected chi connectivity index (χ2v) is 25.8. The molecule has 8 aromatic carbocycles. The van der Waals surface area contributed by atoms with Gasteiger partial charge in [0.1, 0.15) is 35.8 Å². The molecule has 2 N–H and O–H groups in total. The van der Waals surface area contributed by atoms with Crippen LogP contribution in [0.5, 0.6) is 0 Å². The van der Waals surface area contributed by atoms with Crippen molar-refractivity contribution < 1.29 is 57.1 Å². The maximum absolute atomic E-state index is 13.1. The molecular formula is C72H58N8O12S4. The van der Waals surface area contributed by atoms with Crippen LogP contribution in [0, 0.1) is 0 Å². The van der Waals surface area contributed by atoms with Gasteiger partial charge >= 0.3 is 23.9 Å². The number of aromatic amines is 2. The summed E-state index contributed by atoms with van der Waals surface area (Å²) in [5.41, 5.74) is 6.30. The third-order valence-corrected chi connectivity index (χ3v) is 19.5. The number of aromatic nitrogens is 8. The number of carbonyl (C=O) groups is 4. The standard InChI is InChI=1S/C72H58N8O12S4/c1-85-33-35-89-37-39-91-71(83)43-21-29-47(30-22-43)95-53-13-5-9-49-57(53)65-74-61(49)73-62-50-10-6-15-55(94-46-27-19-42(20-28-46)70(82)88-4)59(50)67(75-62)80-68-60-52(12-8-16-56(60)96-48-31-23-44(24-32-48)72(84)92-40-38-90-36-34-86-2)64(79-68)78-66-58-51(63(76-65)77-66)11-7-14-54(58)93-45-25-17-41(18-26-45)69(81)87-3/h5-32H,33-40H2,1-4H3,(H2,73,74,75,76,77,78,79,80). The Bertz CT molecular complexity index is 4940. The number of ether oxygens (including phenoxy) is 8. The fourth-order valence-electron chi connectivity index (χ4n) is 10.6. The molecule has 96 heavy (non-hydrogen) atoms. The number of carbonyl (C=O) groups excluding carboxylic acids is 4. The van der Waals surface area contributed by atoms with Crippen LogP contribution in [0.3, 0.4) is 0 Å². The van der Waals surface area contributed by atoms with E-state index in [1.807, 2.05) is 121 Å². The Kier molecular flexibility index (Phi) is 20.2. The lowest BCUT2D eigenvalue weighted by atomic mass is 10.1. The summed E-state index contributed by atoms with van der Waals surface area (Å²) in [5.74, 6) is -0.339. The van der Waals surface area contributed by atoms with Gasteiger partial charge in [-0.15, -0.1) is 0 Å². The fraction of sp³-hybridized carbons (Fsp3) is 0.167. The SMILES string of the molecule is COCCOCCOC(=O)c1ccc(Sc2cccc3c4nc5nc(nc6[nH]c(nc7nc(nc([nH]4)c23)-c2cccc(Sc3ccc(C(=O)OC)cc3)c2-7)c2cccc(Sc3ccc(C(=O)OCCOCCOC)cc3)c62)-c2c(Sc3ccc(C(=O)OC)cc3)cccc2-5)cc1. The highest BCUT2D eigenvalue weighted by Gasteiger charge is 2.28. The van der Waals surface area contributed by atoms with E-state index in [0.29, 0.717) is 117 Å². The summed E-state index contributed by atoms with van der Waals surface area (Å²) in [4.78, 5) is 97.8. The summed E-state index contributed by atoms with van der Waals surface area (Å²) in [6.07, 6.45) is 0. The second kappa shape index (κ2) is 29.9. The van der Waals surface area contributed by atoms with Crippen molar-refractivity contribution in [1.29, 1.82) is 0 Å². The van der Waals surface area contributed by atoms with E-state index in [-0.39, 0.29) is 26.4 Å². The molecule has 0 atom stereocenters. The molecule has 2 aliphatic rings. The lowest BCUT2D eigenvalue weighted by molar-refractivity contribution is 0.0209. The summed E-state index contributed by atoms with van der Waals surface area (Å²) in [5, 5.41) is 2.95. The van der Waals surface area contributed by atoms with Crippen LogP contribution in [0.15, 0.2) is 209 Å². The second-order valence-electron chi connectivity index (χ2n) is 21.3. The van der Waals surface area contributed by atoms with Gasteiger partial charge in [0.05, 0.1) is 76.1 Å². The summed E-state index contributed by atoms with van der Waals surface area (Å²) in [6, 6.07) is 52.7. The van der Waals surface area contributed by atoms with Crippen molar-refractivity contribution in [1.82, 2.24) is 39.9 Å². The molecule has 24 heteroatoms. The zero-order valence-corrected chi connectivity index (χ0v) is 55.3. The van der Waals surface area contributed by atoms with Crippen molar-refractivity contribution in [2.45, 2.75) is 39.2 Å². The van der Waals surface area contributed by atoms with E-state index >= 15 is 0 Å². The predicted octanol–water partition coefficient (Wildman–Crippen LogP) is 14.7. The molecule has 3 aromatic heterocycles. The van der Waals surface area contributed by atoms with E-state index in [2.05, 4.69) is 9.97 Å². The molecule has 11 aromatic rings. The van der Waals surface area contributed by atoms with Gasteiger partial charge in [0.15, 0.2) is 23.3 Å². The molecule has 2 aliphatic heterocycles.